The van der Waals surface area contributed by atoms with Crippen LogP contribution in [-0.4, -0.2) is 28.1 Å². The van der Waals surface area contributed by atoms with Crippen LogP contribution in [0.5, 0.6) is 0 Å². The van der Waals surface area contributed by atoms with Gasteiger partial charge in [-0.15, -0.1) is 0 Å². The van der Waals surface area contributed by atoms with E-state index in [1.807, 2.05) is 18.2 Å². The number of carbonyl (C=O) groups is 2. The standard InChI is InChI=1S/C19H16ClN3O3S/c1-19(2)17(25)21-12-5-3-4-6-14(12)23(19)16(24)10-27-18-22-13-8-7-11(20)9-15(13)26-18/h3-9H,10H2,1-2H3,(H,21,25). The number of benzene rings is 2. The molecule has 1 aromatic heterocycles. The van der Waals surface area contributed by atoms with Crippen LogP contribution in [0.2, 0.25) is 5.02 Å². The fourth-order valence-corrected chi connectivity index (χ4v) is 3.88. The minimum absolute atomic E-state index is 0.0889. The Morgan fingerprint density at radius 3 is 2.89 bits per heavy atom. The zero-order valence-electron chi connectivity index (χ0n) is 14.7. The van der Waals surface area contributed by atoms with Crippen LogP contribution in [0, 0.1) is 0 Å². The number of halogens is 1. The Labute approximate surface area is 164 Å². The molecule has 2 aromatic carbocycles. The van der Waals surface area contributed by atoms with Gasteiger partial charge in [-0.05, 0) is 38.1 Å². The number of nitrogens with zero attached hydrogens (tertiary/aromatic N) is 2. The lowest BCUT2D eigenvalue weighted by molar-refractivity contribution is -0.125. The summed E-state index contributed by atoms with van der Waals surface area (Å²) in [5.41, 5.74) is 1.55. The SMILES string of the molecule is CC1(C)C(=O)Nc2ccccc2N1C(=O)CSc1nc2ccc(Cl)cc2o1. The molecule has 0 unspecified atom stereocenters. The second kappa shape index (κ2) is 6.58. The fraction of sp³-hybridized carbons (Fsp3) is 0.211. The van der Waals surface area contributed by atoms with Crippen LogP contribution < -0.4 is 10.2 Å². The number of amides is 2. The minimum atomic E-state index is -0.999. The van der Waals surface area contributed by atoms with Crippen molar-refractivity contribution in [3.63, 3.8) is 0 Å². The Kier molecular flexibility index (Phi) is 4.36. The van der Waals surface area contributed by atoms with Crippen molar-refractivity contribution in [2.45, 2.75) is 24.6 Å². The highest BCUT2D eigenvalue weighted by atomic mass is 35.5. The van der Waals surface area contributed by atoms with E-state index in [1.165, 1.54) is 16.7 Å². The number of carbonyl (C=O) groups excluding carboxylic acids is 2. The van der Waals surface area contributed by atoms with Crippen molar-refractivity contribution in [3.8, 4) is 0 Å². The molecule has 2 amide bonds. The molecule has 138 valence electrons. The maximum Gasteiger partial charge on any atom is 0.257 e. The van der Waals surface area contributed by atoms with Crippen molar-refractivity contribution >= 4 is 57.7 Å². The second-order valence-electron chi connectivity index (χ2n) is 6.64. The van der Waals surface area contributed by atoms with Crippen LogP contribution in [-0.2, 0) is 9.59 Å². The molecule has 3 aromatic rings. The number of hydrogen-bond donors (Lipinski definition) is 1. The predicted octanol–water partition coefficient (Wildman–Crippen LogP) is 4.34. The van der Waals surface area contributed by atoms with Crippen molar-refractivity contribution in [3.05, 3.63) is 47.5 Å². The first-order valence-electron chi connectivity index (χ1n) is 8.29. The van der Waals surface area contributed by atoms with Gasteiger partial charge in [-0.25, -0.2) is 4.98 Å². The van der Waals surface area contributed by atoms with E-state index >= 15 is 0 Å². The van der Waals surface area contributed by atoms with Crippen LogP contribution in [0.4, 0.5) is 11.4 Å². The summed E-state index contributed by atoms with van der Waals surface area (Å²) < 4.78 is 5.65. The van der Waals surface area contributed by atoms with E-state index in [4.69, 9.17) is 16.0 Å². The van der Waals surface area contributed by atoms with Crippen LogP contribution in [0.3, 0.4) is 0 Å². The third kappa shape index (κ3) is 3.17. The molecular formula is C19H16ClN3O3S. The zero-order chi connectivity index (χ0) is 19.2. The first-order chi connectivity index (χ1) is 12.9. The Morgan fingerprint density at radius 2 is 2.07 bits per heavy atom. The van der Waals surface area contributed by atoms with E-state index in [9.17, 15) is 9.59 Å². The molecule has 4 rings (SSSR count). The average molecular weight is 402 g/mol. The third-order valence-electron chi connectivity index (χ3n) is 4.41. The van der Waals surface area contributed by atoms with Crippen LogP contribution in [0.15, 0.2) is 52.1 Å². The molecule has 0 spiro atoms. The molecule has 0 aliphatic carbocycles. The number of hydrogen-bond acceptors (Lipinski definition) is 5. The smallest absolute Gasteiger partial charge is 0.257 e. The summed E-state index contributed by atoms with van der Waals surface area (Å²) in [5, 5.41) is 3.79. The molecule has 0 bridgehead atoms. The normalized spacial score (nSPS) is 15.5. The number of anilines is 2. The third-order valence-corrected chi connectivity index (χ3v) is 5.46. The van der Waals surface area contributed by atoms with Gasteiger partial charge in [-0.2, -0.15) is 0 Å². The van der Waals surface area contributed by atoms with E-state index in [0.29, 0.717) is 32.7 Å². The van der Waals surface area contributed by atoms with Crippen molar-refractivity contribution < 1.29 is 14.0 Å². The first kappa shape index (κ1) is 17.9. The molecule has 0 radical (unpaired) electrons. The molecule has 27 heavy (non-hydrogen) atoms. The molecule has 1 aliphatic heterocycles. The average Bonchev–Trinajstić information content (AvgIpc) is 3.02. The van der Waals surface area contributed by atoms with Gasteiger partial charge in [0.05, 0.1) is 17.1 Å². The number of nitrogens with one attached hydrogen (secondary N) is 1. The highest BCUT2D eigenvalue weighted by molar-refractivity contribution is 7.99. The summed E-state index contributed by atoms with van der Waals surface area (Å²) >= 11 is 7.14. The molecule has 0 fully saturated rings. The lowest BCUT2D eigenvalue weighted by atomic mass is 9.96. The molecule has 1 aliphatic rings. The topological polar surface area (TPSA) is 75.4 Å². The van der Waals surface area contributed by atoms with Crippen molar-refractivity contribution in [1.29, 1.82) is 0 Å². The van der Waals surface area contributed by atoms with Crippen molar-refractivity contribution in [1.82, 2.24) is 4.98 Å². The zero-order valence-corrected chi connectivity index (χ0v) is 16.2. The van der Waals surface area contributed by atoms with Gasteiger partial charge in [0.25, 0.3) is 5.22 Å². The van der Waals surface area contributed by atoms with Gasteiger partial charge in [0.2, 0.25) is 11.8 Å². The molecule has 0 atom stereocenters. The van der Waals surface area contributed by atoms with Crippen LogP contribution >= 0.6 is 23.4 Å². The maximum atomic E-state index is 13.0. The van der Waals surface area contributed by atoms with E-state index < -0.39 is 5.54 Å². The number of oxazole rings is 1. The molecule has 0 saturated heterocycles. The number of para-hydroxylation sites is 2. The quantitative estimate of drug-likeness (QED) is 0.661. The highest BCUT2D eigenvalue weighted by Gasteiger charge is 2.43. The largest absolute Gasteiger partial charge is 0.431 e. The molecule has 2 heterocycles. The fourth-order valence-electron chi connectivity index (χ4n) is 3.03. The summed E-state index contributed by atoms with van der Waals surface area (Å²) in [6.07, 6.45) is 0. The van der Waals surface area contributed by atoms with Gasteiger partial charge in [-0.1, -0.05) is 35.5 Å². The van der Waals surface area contributed by atoms with E-state index in [1.54, 1.807) is 38.1 Å². The van der Waals surface area contributed by atoms with E-state index in [-0.39, 0.29) is 17.6 Å². The first-order valence-corrected chi connectivity index (χ1v) is 9.65. The Bertz CT molecular complexity index is 1060. The number of thioether (sulfide) groups is 1. The molecule has 8 heteroatoms. The summed E-state index contributed by atoms with van der Waals surface area (Å²) in [6, 6.07) is 12.4. The summed E-state index contributed by atoms with van der Waals surface area (Å²) in [5.74, 6) is -0.338. The van der Waals surface area contributed by atoms with Crippen LogP contribution in [0.25, 0.3) is 11.1 Å². The second-order valence-corrected chi connectivity index (χ2v) is 8.00. The molecular weight excluding hydrogens is 386 g/mol. The van der Waals surface area contributed by atoms with Gasteiger partial charge in [-0.3, -0.25) is 14.5 Å². The minimum Gasteiger partial charge on any atom is -0.431 e. The van der Waals surface area contributed by atoms with E-state index in [2.05, 4.69) is 10.3 Å². The van der Waals surface area contributed by atoms with Gasteiger partial charge >= 0.3 is 0 Å². The Balaban J connectivity index is 1.58. The molecule has 0 saturated carbocycles. The van der Waals surface area contributed by atoms with Crippen LogP contribution in [0.1, 0.15) is 13.8 Å². The van der Waals surface area contributed by atoms with Gasteiger partial charge in [0, 0.05) is 11.1 Å². The Hall–Kier alpha value is -2.51. The monoisotopic (exact) mass is 401 g/mol. The van der Waals surface area contributed by atoms with Gasteiger partial charge < -0.3 is 9.73 Å². The Morgan fingerprint density at radius 1 is 1.30 bits per heavy atom. The lowest BCUT2D eigenvalue weighted by Gasteiger charge is -2.42. The summed E-state index contributed by atoms with van der Waals surface area (Å²) in [6.45, 7) is 3.45. The summed E-state index contributed by atoms with van der Waals surface area (Å²) in [4.78, 5) is 31.4. The number of rotatable bonds is 3. The number of fused-ring (bicyclic) bond motifs is 2. The molecule has 6 nitrogen and oxygen atoms in total. The summed E-state index contributed by atoms with van der Waals surface area (Å²) in [7, 11) is 0. The van der Waals surface area contributed by atoms with E-state index in [0.717, 1.165) is 0 Å². The maximum absolute atomic E-state index is 13.0. The number of aromatic nitrogens is 1. The van der Waals surface area contributed by atoms with Crippen molar-refractivity contribution in [2.75, 3.05) is 16.0 Å². The molecule has 1 N–H and O–H groups in total. The predicted molar refractivity (Wildman–Crippen MR) is 106 cm³/mol. The van der Waals surface area contributed by atoms with Gasteiger partial charge in [0.1, 0.15) is 11.1 Å². The highest BCUT2D eigenvalue weighted by Crippen LogP contribution is 2.37. The lowest BCUT2D eigenvalue weighted by Crippen LogP contribution is -2.58. The van der Waals surface area contributed by atoms with Crippen molar-refractivity contribution in [2.24, 2.45) is 0 Å². The van der Waals surface area contributed by atoms with Gasteiger partial charge in [0.15, 0.2) is 5.58 Å².